The molecule has 0 aliphatic rings. The van der Waals surface area contributed by atoms with Crippen LogP contribution in [0.2, 0.25) is 0 Å². The molecule has 0 spiro atoms. The predicted molar refractivity (Wildman–Crippen MR) is 32.7 cm³/mol. The van der Waals surface area contributed by atoms with Crippen LogP contribution in [0.15, 0.2) is 22.8 Å². The number of furan rings is 1. The van der Waals surface area contributed by atoms with Gasteiger partial charge in [0.2, 0.25) is 0 Å². The van der Waals surface area contributed by atoms with E-state index in [4.69, 9.17) is 9.52 Å². The molecular formula is C7H6O2. The van der Waals surface area contributed by atoms with Gasteiger partial charge in [-0.05, 0) is 18.1 Å². The minimum Gasteiger partial charge on any atom is -0.456 e. The van der Waals surface area contributed by atoms with E-state index in [1.807, 2.05) is 0 Å². The van der Waals surface area contributed by atoms with Crippen molar-refractivity contribution in [3.05, 3.63) is 24.2 Å². The van der Waals surface area contributed by atoms with Gasteiger partial charge in [-0.15, -0.1) is 0 Å². The zero-order valence-corrected chi connectivity index (χ0v) is 4.79. The van der Waals surface area contributed by atoms with Crippen LogP contribution in [0.1, 0.15) is 5.76 Å². The molecule has 0 bridgehead atoms. The molecule has 0 saturated heterocycles. The lowest BCUT2D eigenvalue weighted by Gasteiger charge is -1.73. The van der Waals surface area contributed by atoms with E-state index in [1.165, 1.54) is 0 Å². The summed E-state index contributed by atoms with van der Waals surface area (Å²) in [5.74, 6) is 5.66. The lowest BCUT2D eigenvalue weighted by atomic mass is 10.4. The topological polar surface area (TPSA) is 33.4 Å². The molecule has 0 saturated carbocycles. The molecule has 0 aliphatic heterocycles. The van der Waals surface area contributed by atoms with Crippen LogP contribution < -0.4 is 0 Å². The predicted octanol–water partition coefficient (Wildman–Crippen LogP) is 0.623. The summed E-state index contributed by atoms with van der Waals surface area (Å²) >= 11 is 0. The fourth-order valence-corrected chi connectivity index (χ4v) is 0.476. The van der Waals surface area contributed by atoms with Crippen molar-refractivity contribution in [3.8, 4) is 11.8 Å². The third-order valence-electron chi connectivity index (χ3n) is 0.812. The quantitative estimate of drug-likeness (QED) is 0.512. The Balaban J connectivity index is 2.67. The third kappa shape index (κ3) is 1.63. The molecule has 2 heteroatoms. The van der Waals surface area contributed by atoms with Gasteiger partial charge in [-0.1, -0.05) is 5.92 Å². The zero-order valence-electron chi connectivity index (χ0n) is 4.79. The molecule has 2 nitrogen and oxygen atoms in total. The second-order valence-electron chi connectivity index (χ2n) is 1.44. The van der Waals surface area contributed by atoms with Gasteiger partial charge in [-0.3, -0.25) is 0 Å². The molecular weight excluding hydrogens is 116 g/mol. The average Bonchev–Trinajstić information content (AvgIpc) is 2.34. The Labute approximate surface area is 53.1 Å². The zero-order chi connectivity index (χ0) is 6.53. The van der Waals surface area contributed by atoms with Crippen LogP contribution in [-0.2, 0) is 0 Å². The number of rotatable bonds is 0. The van der Waals surface area contributed by atoms with Crippen LogP contribution in [0, 0.1) is 11.8 Å². The van der Waals surface area contributed by atoms with Crippen molar-refractivity contribution in [2.24, 2.45) is 0 Å². The summed E-state index contributed by atoms with van der Waals surface area (Å²) in [6, 6.07) is 3.49. The summed E-state index contributed by atoms with van der Waals surface area (Å²) in [6.07, 6.45) is 1.54. The van der Waals surface area contributed by atoms with Crippen molar-refractivity contribution < 1.29 is 9.52 Å². The fourth-order valence-electron chi connectivity index (χ4n) is 0.476. The molecule has 1 N–H and O–H groups in total. The summed E-state index contributed by atoms with van der Waals surface area (Å²) in [7, 11) is 0. The fraction of sp³-hybridized carbons (Fsp3) is 0.143. The number of aliphatic hydroxyl groups excluding tert-OH is 1. The van der Waals surface area contributed by atoms with Gasteiger partial charge in [0.1, 0.15) is 6.61 Å². The highest BCUT2D eigenvalue weighted by Crippen LogP contribution is 1.95. The molecule has 1 rings (SSSR count). The summed E-state index contributed by atoms with van der Waals surface area (Å²) in [5.41, 5.74) is 0. The maximum Gasteiger partial charge on any atom is 0.176 e. The Bertz CT molecular complexity index is 213. The summed E-state index contributed by atoms with van der Waals surface area (Å²) < 4.78 is 4.85. The Kier molecular flexibility index (Phi) is 1.95. The van der Waals surface area contributed by atoms with E-state index in [-0.39, 0.29) is 6.61 Å². The highest BCUT2D eigenvalue weighted by molar-refractivity contribution is 5.23. The minimum absolute atomic E-state index is 0.124. The normalized spacial score (nSPS) is 8.11. The van der Waals surface area contributed by atoms with Crippen LogP contribution in [0.3, 0.4) is 0 Å². The average molecular weight is 122 g/mol. The van der Waals surface area contributed by atoms with Crippen molar-refractivity contribution in [3.63, 3.8) is 0 Å². The Hall–Kier alpha value is -1.20. The van der Waals surface area contributed by atoms with Gasteiger partial charge < -0.3 is 9.52 Å². The molecule has 0 aliphatic carbocycles. The van der Waals surface area contributed by atoms with Crippen LogP contribution in [0.5, 0.6) is 0 Å². The molecule has 1 aromatic heterocycles. The first kappa shape index (κ1) is 5.93. The summed E-state index contributed by atoms with van der Waals surface area (Å²) in [5, 5.41) is 8.25. The van der Waals surface area contributed by atoms with Crippen LogP contribution in [0.25, 0.3) is 0 Å². The van der Waals surface area contributed by atoms with Crippen LogP contribution in [-0.4, -0.2) is 11.7 Å². The van der Waals surface area contributed by atoms with Gasteiger partial charge in [0.25, 0.3) is 0 Å². The maximum atomic E-state index is 8.25. The standard InChI is InChI=1S/C7H6O2/c8-5-1-3-7-4-2-6-9-7/h2,4,6,8H,5H2. The Morgan fingerprint density at radius 2 is 2.56 bits per heavy atom. The van der Waals surface area contributed by atoms with Crippen molar-refractivity contribution >= 4 is 0 Å². The Morgan fingerprint density at radius 1 is 1.67 bits per heavy atom. The molecule has 1 heterocycles. The van der Waals surface area contributed by atoms with Gasteiger partial charge in [0.05, 0.1) is 6.26 Å². The molecule has 0 aromatic carbocycles. The van der Waals surface area contributed by atoms with Gasteiger partial charge in [-0.2, -0.15) is 0 Å². The molecule has 0 amide bonds. The Morgan fingerprint density at radius 3 is 3.11 bits per heavy atom. The smallest absolute Gasteiger partial charge is 0.176 e. The van der Waals surface area contributed by atoms with Crippen molar-refractivity contribution in [1.29, 1.82) is 0 Å². The van der Waals surface area contributed by atoms with E-state index < -0.39 is 0 Å². The SMILES string of the molecule is OCC#Cc1ccco1. The van der Waals surface area contributed by atoms with E-state index in [0.717, 1.165) is 0 Å². The van der Waals surface area contributed by atoms with E-state index >= 15 is 0 Å². The molecule has 9 heavy (non-hydrogen) atoms. The molecule has 0 unspecified atom stereocenters. The maximum absolute atomic E-state index is 8.25. The van der Waals surface area contributed by atoms with Gasteiger partial charge in [0.15, 0.2) is 5.76 Å². The van der Waals surface area contributed by atoms with E-state index in [1.54, 1.807) is 18.4 Å². The molecule has 46 valence electrons. The van der Waals surface area contributed by atoms with Gasteiger partial charge in [0, 0.05) is 0 Å². The molecule has 0 radical (unpaired) electrons. The van der Waals surface area contributed by atoms with Crippen LogP contribution in [0.4, 0.5) is 0 Å². The minimum atomic E-state index is -0.124. The van der Waals surface area contributed by atoms with E-state index in [2.05, 4.69) is 11.8 Å². The molecule has 1 aromatic rings. The highest BCUT2D eigenvalue weighted by Gasteiger charge is 1.82. The largest absolute Gasteiger partial charge is 0.456 e. The van der Waals surface area contributed by atoms with E-state index in [0.29, 0.717) is 5.76 Å². The number of aliphatic hydroxyl groups is 1. The first-order valence-corrected chi connectivity index (χ1v) is 2.56. The third-order valence-corrected chi connectivity index (χ3v) is 0.812. The van der Waals surface area contributed by atoms with Crippen LogP contribution >= 0.6 is 0 Å². The lowest BCUT2D eigenvalue weighted by Crippen LogP contribution is -1.71. The summed E-state index contributed by atoms with van der Waals surface area (Å²) in [6.45, 7) is -0.124. The van der Waals surface area contributed by atoms with E-state index in [9.17, 15) is 0 Å². The monoisotopic (exact) mass is 122 g/mol. The van der Waals surface area contributed by atoms with Crippen molar-refractivity contribution in [2.75, 3.05) is 6.61 Å². The summed E-state index contributed by atoms with van der Waals surface area (Å²) in [4.78, 5) is 0. The molecule has 0 atom stereocenters. The number of hydrogen-bond acceptors (Lipinski definition) is 2. The first-order valence-electron chi connectivity index (χ1n) is 2.56. The number of hydrogen-bond donors (Lipinski definition) is 1. The molecule has 0 fully saturated rings. The lowest BCUT2D eigenvalue weighted by molar-refractivity contribution is 0.350. The van der Waals surface area contributed by atoms with Crippen molar-refractivity contribution in [2.45, 2.75) is 0 Å². The second kappa shape index (κ2) is 2.95. The van der Waals surface area contributed by atoms with Crippen molar-refractivity contribution in [1.82, 2.24) is 0 Å². The van der Waals surface area contributed by atoms with Gasteiger partial charge in [-0.25, -0.2) is 0 Å². The highest BCUT2D eigenvalue weighted by atomic mass is 16.3. The van der Waals surface area contributed by atoms with Gasteiger partial charge >= 0.3 is 0 Å². The second-order valence-corrected chi connectivity index (χ2v) is 1.44. The first-order chi connectivity index (χ1) is 4.43.